The topological polar surface area (TPSA) is 77.5 Å². The second-order valence-corrected chi connectivity index (χ2v) is 6.46. The lowest BCUT2D eigenvalue weighted by atomic mass is 10.1. The fourth-order valence-corrected chi connectivity index (χ4v) is 2.94. The number of aromatic nitrogens is 1. The van der Waals surface area contributed by atoms with Gasteiger partial charge in [0.1, 0.15) is 5.01 Å². The van der Waals surface area contributed by atoms with E-state index in [-0.39, 0.29) is 24.2 Å². The highest BCUT2D eigenvalue weighted by Gasteiger charge is 2.15. The Morgan fingerprint density at radius 1 is 1.28 bits per heavy atom. The van der Waals surface area contributed by atoms with E-state index in [1.54, 1.807) is 12.5 Å². The minimum absolute atomic E-state index is 0.162. The number of ether oxygens (including phenoxy) is 2. The molecule has 1 aromatic heterocycles. The molecule has 0 saturated carbocycles. The fourth-order valence-electron chi connectivity index (χ4n) is 2.21. The number of thiazole rings is 1. The van der Waals surface area contributed by atoms with E-state index in [1.807, 2.05) is 31.2 Å². The van der Waals surface area contributed by atoms with Crippen molar-refractivity contribution in [2.45, 2.75) is 32.9 Å². The lowest BCUT2D eigenvalue weighted by molar-refractivity contribution is -0.124. The number of amides is 1. The van der Waals surface area contributed by atoms with Crippen molar-refractivity contribution in [3.63, 3.8) is 0 Å². The number of nitrogens with zero attached hydrogens (tertiary/aromatic N) is 1. The maximum absolute atomic E-state index is 12.0. The molecule has 0 fully saturated rings. The second-order valence-electron chi connectivity index (χ2n) is 5.52. The number of carbonyl (C=O) groups is 2. The van der Waals surface area contributed by atoms with Crippen LogP contribution in [0.4, 0.5) is 0 Å². The summed E-state index contributed by atoms with van der Waals surface area (Å²) in [7, 11) is 1.56. The summed E-state index contributed by atoms with van der Waals surface area (Å²) in [5.41, 5.74) is 2.43. The summed E-state index contributed by atoms with van der Waals surface area (Å²) in [4.78, 5) is 28.0. The summed E-state index contributed by atoms with van der Waals surface area (Å²) in [5, 5.41) is 5.09. The fraction of sp³-hybridized carbons (Fsp3) is 0.389. The number of benzene rings is 1. The first-order valence-electron chi connectivity index (χ1n) is 8.02. The van der Waals surface area contributed by atoms with Crippen molar-refractivity contribution in [1.29, 1.82) is 0 Å². The van der Waals surface area contributed by atoms with Crippen LogP contribution in [-0.2, 0) is 27.3 Å². The molecule has 1 N–H and O–H groups in total. The van der Waals surface area contributed by atoms with Gasteiger partial charge in [-0.1, -0.05) is 31.2 Å². The van der Waals surface area contributed by atoms with Gasteiger partial charge in [-0.2, -0.15) is 0 Å². The monoisotopic (exact) mass is 362 g/mol. The highest BCUT2D eigenvalue weighted by atomic mass is 32.1. The average Bonchev–Trinajstić information content (AvgIpc) is 3.09. The lowest BCUT2D eigenvalue weighted by Gasteiger charge is -2.14. The molecule has 2 aromatic rings. The van der Waals surface area contributed by atoms with Crippen molar-refractivity contribution in [2.24, 2.45) is 0 Å². The molecule has 1 amide bonds. The van der Waals surface area contributed by atoms with Gasteiger partial charge in [-0.05, 0) is 24.5 Å². The number of carbonyl (C=O) groups excluding carboxylic acids is 2. The first-order chi connectivity index (χ1) is 12.0. The molecule has 0 saturated heterocycles. The zero-order chi connectivity index (χ0) is 18.2. The highest BCUT2D eigenvalue weighted by Crippen LogP contribution is 2.14. The van der Waals surface area contributed by atoms with Crippen LogP contribution >= 0.6 is 11.3 Å². The number of methoxy groups -OCH3 is 1. The van der Waals surface area contributed by atoms with Crippen LogP contribution < -0.4 is 5.32 Å². The summed E-state index contributed by atoms with van der Waals surface area (Å²) >= 11 is 1.31. The first kappa shape index (κ1) is 19.1. The summed E-state index contributed by atoms with van der Waals surface area (Å²) in [5.74, 6) is -0.971. The van der Waals surface area contributed by atoms with E-state index in [1.165, 1.54) is 16.9 Å². The van der Waals surface area contributed by atoms with Gasteiger partial charge in [0.15, 0.2) is 12.3 Å². The van der Waals surface area contributed by atoms with E-state index in [2.05, 4.69) is 17.2 Å². The number of hydrogen-bond acceptors (Lipinski definition) is 6. The van der Waals surface area contributed by atoms with Gasteiger partial charge in [0, 0.05) is 12.5 Å². The lowest BCUT2D eigenvalue weighted by Crippen LogP contribution is -2.31. The minimum Gasteiger partial charge on any atom is -0.451 e. The predicted molar refractivity (Wildman–Crippen MR) is 95.5 cm³/mol. The predicted octanol–water partition coefficient (Wildman–Crippen LogP) is 2.89. The van der Waals surface area contributed by atoms with E-state index in [4.69, 9.17) is 9.47 Å². The third-order valence-electron chi connectivity index (χ3n) is 3.63. The summed E-state index contributed by atoms with van der Waals surface area (Å²) in [6.07, 6.45) is 0.972. The zero-order valence-electron chi connectivity index (χ0n) is 14.6. The molecule has 0 radical (unpaired) electrons. The Kier molecular flexibility index (Phi) is 7.09. The Morgan fingerprint density at radius 3 is 2.64 bits per heavy atom. The van der Waals surface area contributed by atoms with Crippen molar-refractivity contribution in [3.05, 3.63) is 51.5 Å². The minimum atomic E-state index is -0.617. The molecule has 0 aliphatic rings. The molecule has 1 aromatic carbocycles. The molecule has 1 heterocycles. The van der Waals surface area contributed by atoms with Gasteiger partial charge in [-0.15, -0.1) is 11.3 Å². The third-order valence-corrected chi connectivity index (χ3v) is 4.45. The van der Waals surface area contributed by atoms with Crippen LogP contribution in [0.2, 0.25) is 0 Å². The van der Waals surface area contributed by atoms with E-state index in [9.17, 15) is 9.59 Å². The van der Waals surface area contributed by atoms with Crippen molar-refractivity contribution in [3.8, 4) is 0 Å². The van der Waals surface area contributed by atoms with Gasteiger partial charge < -0.3 is 14.8 Å². The number of nitrogens with one attached hydrogen (secondary N) is 1. The zero-order valence-corrected chi connectivity index (χ0v) is 15.4. The van der Waals surface area contributed by atoms with Crippen molar-refractivity contribution < 1.29 is 19.1 Å². The molecule has 134 valence electrons. The molecule has 1 atom stereocenters. The summed E-state index contributed by atoms with van der Waals surface area (Å²) in [6.45, 7) is 3.98. The molecule has 25 heavy (non-hydrogen) atoms. The maximum atomic E-state index is 12.0. The molecule has 2 rings (SSSR count). The molecule has 0 bridgehead atoms. The van der Waals surface area contributed by atoms with Crippen LogP contribution in [0.25, 0.3) is 0 Å². The molecule has 0 aliphatic carbocycles. The second kappa shape index (κ2) is 9.29. The van der Waals surface area contributed by atoms with Crippen LogP contribution in [0.1, 0.15) is 46.5 Å². The third kappa shape index (κ3) is 5.65. The Hall–Kier alpha value is -2.25. The van der Waals surface area contributed by atoms with E-state index in [0.717, 1.165) is 12.0 Å². The van der Waals surface area contributed by atoms with Crippen molar-refractivity contribution in [2.75, 3.05) is 13.7 Å². The SMILES string of the molecule is CCc1ccc(C(C)NC(=O)COC(=O)c2csc(COC)n2)cc1. The number of aryl methyl sites for hydroxylation is 1. The van der Waals surface area contributed by atoms with E-state index < -0.39 is 5.97 Å². The standard InChI is InChI=1S/C18H22N2O4S/c1-4-13-5-7-14(8-6-13)12(2)19-16(21)9-24-18(22)15-11-25-17(20-15)10-23-3/h5-8,11-12H,4,9-10H2,1-3H3,(H,19,21). The summed E-state index contributed by atoms with van der Waals surface area (Å²) < 4.78 is 9.96. The average molecular weight is 362 g/mol. The molecule has 7 heteroatoms. The van der Waals surface area contributed by atoms with Gasteiger partial charge in [-0.3, -0.25) is 4.79 Å². The van der Waals surface area contributed by atoms with Crippen LogP contribution in [0.5, 0.6) is 0 Å². The normalized spacial score (nSPS) is 11.8. The smallest absolute Gasteiger partial charge is 0.358 e. The molecular weight excluding hydrogens is 340 g/mol. The Labute approximate surface area is 151 Å². The molecular formula is C18H22N2O4S. The van der Waals surface area contributed by atoms with Crippen LogP contribution in [0.3, 0.4) is 0 Å². The maximum Gasteiger partial charge on any atom is 0.358 e. The van der Waals surface area contributed by atoms with Gasteiger partial charge in [0.25, 0.3) is 5.91 Å². The van der Waals surface area contributed by atoms with E-state index >= 15 is 0 Å². The van der Waals surface area contributed by atoms with Crippen molar-refractivity contribution in [1.82, 2.24) is 10.3 Å². The molecule has 6 nitrogen and oxygen atoms in total. The summed E-state index contributed by atoms with van der Waals surface area (Å²) in [6, 6.07) is 7.89. The van der Waals surface area contributed by atoms with Gasteiger partial charge >= 0.3 is 5.97 Å². The van der Waals surface area contributed by atoms with Crippen LogP contribution in [0.15, 0.2) is 29.6 Å². The first-order valence-corrected chi connectivity index (χ1v) is 8.90. The number of rotatable bonds is 8. The largest absolute Gasteiger partial charge is 0.451 e. The Bertz CT molecular complexity index is 712. The van der Waals surface area contributed by atoms with Crippen molar-refractivity contribution >= 4 is 23.2 Å². The molecule has 0 spiro atoms. The van der Waals surface area contributed by atoms with Gasteiger partial charge in [-0.25, -0.2) is 9.78 Å². The van der Waals surface area contributed by atoms with Gasteiger partial charge in [0.2, 0.25) is 0 Å². The molecule has 1 unspecified atom stereocenters. The number of esters is 1. The quantitative estimate of drug-likeness (QED) is 0.731. The van der Waals surface area contributed by atoms with Gasteiger partial charge in [0.05, 0.1) is 12.6 Å². The Morgan fingerprint density at radius 2 is 2.00 bits per heavy atom. The highest BCUT2D eigenvalue weighted by molar-refractivity contribution is 7.09. The molecule has 0 aliphatic heterocycles. The van der Waals surface area contributed by atoms with Crippen LogP contribution in [0, 0.1) is 0 Å². The Balaban J connectivity index is 1.81. The number of hydrogen-bond donors (Lipinski definition) is 1. The van der Waals surface area contributed by atoms with Crippen LogP contribution in [-0.4, -0.2) is 30.6 Å². The van der Waals surface area contributed by atoms with E-state index in [0.29, 0.717) is 11.6 Å².